The molecular formula is C13H25N3O4. The van der Waals surface area contributed by atoms with Gasteiger partial charge in [0.1, 0.15) is 6.04 Å². The molecule has 7 heteroatoms. The Bertz CT molecular complexity index is 332. The second-order valence-electron chi connectivity index (χ2n) is 5.03. The highest BCUT2D eigenvalue weighted by atomic mass is 16.4. The zero-order valence-corrected chi connectivity index (χ0v) is 12.4. The second kappa shape index (κ2) is 10.1. The smallest absolute Gasteiger partial charge is 0.326 e. The molecule has 0 bridgehead atoms. The minimum Gasteiger partial charge on any atom is -0.480 e. The van der Waals surface area contributed by atoms with Crippen LogP contribution in [0.25, 0.3) is 0 Å². The third kappa shape index (κ3) is 9.18. The van der Waals surface area contributed by atoms with Crippen molar-refractivity contribution in [3.63, 3.8) is 0 Å². The largest absolute Gasteiger partial charge is 0.480 e. The van der Waals surface area contributed by atoms with Crippen molar-refractivity contribution in [3.05, 3.63) is 0 Å². The van der Waals surface area contributed by atoms with Crippen molar-refractivity contribution in [2.45, 2.75) is 46.1 Å². The van der Waals surface area contributed by atoms with E-state index in [-0.39, 0.29) is 18.9 Å². The van der Waals surface area contributed by atoms with Gasteiger partial charge < -0.3 is 21.1 Å². The Hall–Kier alpha value is -1.79. The number of urea groups is 1. The van der Waals surface area contributed by atoms with Gasteiger partial charge in [-0.1, -0.05) is 27.2 Å². The lowest BCUT2D eigenvalue weighted by Crippen LogP contribution is -2.46. The van der Waals surface area contributed by atoms with Gasteiger partial charge in [0.15, 0.2) is 0 Å². The number of amides is 3. The zero-order chi connectivity index (χ0) is 15.5. The zero-order valence-electron chi connectivity index (χ0n) is 12.4. The van der Waals surface area contributed by atoms with Crippen LogP contribution in [0.2, 0.25) is 0 Å². The van der Waals surface area contributed by atoms with E-state index >= 15 is 0 Å². The molecule has 0 saturated carbocycles. The Balaban J connectivity index is 3.87. The molecule has 0 spiro atoms. The molecule has 0 aromatic carbocycles. The lowest BCUT2D eigenvalue weighted by molar-refractivity contribution is -0.139. The molecule has 0 aliphatic rings. The van der Waals surface area contributed by atoms with Gasteiger partial charge >= 0.3 is 12.0 Å². The first kappa shape index (κ1) is 18.2. The average molecular weight is 287 g/mol. The number of nitrogens with one attached hydrogen (secondary N) is 3. The summed E-state index contributed by atoms with van der Waals surface area (Å²) in [6, 6.07) is -1.46. The van der Waals surface area contributed by atoms with Crippen molar-refractivity contribution in [3.8, 4) is 0 Å². The summed E-state index contributed by atoms with van der Waals surface area (Å²) in [6.45, 7) is 6.60. The molecule has 0 fully saturated rings. The molecule has 0 saturated heterocycles. The number of hydrogen-bond acceptors (Lipinski definition) is 3. The Morgan fingerprint density at radius 2 is 1.80 bits per heavy atom. The predicted octanol–water partition coefficient (Wildman–Crippen LogP) is 0.701. The monoisotopic (exact) mass is 287 g/mol. The molecule has 0 heterocycles. The van der Waals surface area contributed by atoms with Gasteiger partial charge in [0.2, 0.25) is 5.91 Å². The molecule has 4 N–H and O–H groups in total. The highest BCUT2D eigenvalue weighted by molar-refractivity contribution is 5.83. The van der Waals surface area contributed by atoms with Gasteiger partial charge in [-0.2, -0.15) is 0 Å². The van der Waals surface area contributed by atoms with Crippen molar-refractivity contribution in [1.29, 1.82) is 0 Å². The fourth-order valence-corrected chi connectivity index (χ4v) is 1.45. The highest BCUT2D eigenvalue weighted by Gasteiger charge is 2.18. The van der Waals surface area contributed by atoms with Crippen molar-refractivity contribution >= 4 is 17.9 Å². The molecule has 0 aliphatic carbocycles. The quantitative estimate of drug-likeness (QED) is 0.500. The van der Waals surface area contributed by atoms with Crippen LogP contribution in [0.3, 0.4) is 0 Å². The summed E-state index contributed by atoms with van der Waals surface area (Å²) in [5.74, 6) is -0.820. The minimum absolute atomic E-state index is 0.137. The van der Waals surface area contributed by atoms with Gasteiger partial charge in [-0.05, 0) is 12.3 Å². The van der Waals surface area contributed by atoms with Crippen molar-refractivity contribution in [2.75, 3.05) is 13.1 Å². The molecule has 1 atom stereocenters. The van der Waals surface area contributed by atoms with Crippen molar-refractivity contribution in [1.82, 2.24) is 16.0 Å². The predicted molar refractivity (Wildman–Crippen MR) is 75.3 cm³/mol. The van der Waals surface area contributed by atoms with Crippen LogP contribution in [0.5, 0.6) is 0 Å². The first-order valence-corrected chi connectivity index (χ1v) is 6.90. The summed E-state index contributed by atoms with van der Waals surface area (Å²) in [5, 5.41) is 16.4. The van der Waals surface area contributed by atoms with E-state index in [1.54, 1.807) is 0 Å². The van der Waals surface area contributed by atoms with E-state index in [2.05, 4.69) is 16.0 Å². The van der Waals surface area contributed by atoms with Gasteiger partial charge in [-0.25, -0.2) is 9.59 Å². The molecule has 0 rings (SSSR count). The molecule has 20 heavy (non-hydrogen) atoms. The van der Waals surface area contributed by atoms with Crippen molar-refractivity contribution in [2.24, 2.45) is 5.92 Å². The number of carbonyl (C=O) groups excluding carboxylic acids is 2. The summed E-state index contributed by atoms with van der Waals surface area (Å²) in [7, 11) is 0. The van der Waals surface area contributed by atoms with Crippen LogP contribution in [-0.2, 0) is 9.59 Å². The van der Waals surface area contributed by atoms with E-state index in [0.29, 0.717) is 25.3 Å². The molecule has 0 aromatic heterocycles. The number of hydrogen-bond donors (Lipinski definition) is 4. The molecule has 0 aliphatic heterocycles. The van der Waals surface area contributed by atoms with Gasteiger partial charge in [0.05, 0.1) is 0 Å². The molecule has 0 radical (unpaired) electrons. The minimum atomic E-state index is -1.06. The Morgan fingerprint density at radius 1 is 1.15 bits per heavy atom. The lowest BCUT2D eigenvalue weighted by Gasteiger charge is -2.14. The summed E-state index contributed by atoms with van der Waals surface area (Å²) >= 11 is 0. The summed E-state index contributed by atoms with van der Waals surface area (Å²) in [5.41, 5.74) is 0. The van der Waals surface area contributed by atoms with E-state index in [9.17, 15) is 14.4 Å². The highest BCUT2D eigenvalue weighted by Crippen LogP contribution is 1.96. The third-order valence-corrected chi connectivity index (χ3v) is 2.53. The fourth-order valence-electron chi connectivity index (χ4n) is 1.45. The van der Waals surface area contributed by atoms with Crippen LogP contribution in [0.1, 0.15) is 40.0 Å². The van der Waals surface area contributed by atoms with Crippen LogP contribution in [0.15, 0.2) is 0 Å². The van der Waals surface area contributed by atoms with Crippen LogP contribution < -0.4 is 16.0 Å². The first-order valence-electron chi connectivity index (χ1n) is 6.90. The maximum absolute atomic E-state index is 11.5. The maximum Gasteiger partial charge on any atom is 0.326 e. The van der Waals surface area contributed by atoms with Crippen LogP contribution in [0.4, 0.5) is 4.79 Å². The number of carboxylic acid groups (broad SMARTS) is 1. The Labute approximate surface area is 119 Å². The van der Waals surface area contributed by atoms with Crippen LogP contribution in [0, 0.1) is 5.92 Å². The Morgan fingerprint density at radius 3 is 2.30 bits per heavy atom. The van der Waals surface area contributed by atoms with Crippen LogP contribution in [-0.4, -0.2) is 42.1 Å². The average Bonchev–Trinajstić information content (AvgIpc) is 2.35. The topological polar surface area (TPSA) is 108 Å². The van der Waals surface area contributed by atoms with Gasteiger partial charge in [0, 0.05) is 19.5 Å². The molecule has 0 unspecified atom stereocenters. The lowest BCUT2D eigenvalue weighted by atomic mass is 10.2. The van der Waals surface area contributed by atoms with Gasteiger partial charge in [0.25, 0.3) is 0 Å². The standard InChI is InChI=1S/C13H25N3O4/c1-4-5-10(12(18)19)16-13(20)14-7-6-11(17)15-8-9(2)3/h9-10H,4-8H2,1-3H3,(H,15,17)(H,18,19)(H2,14,16,20)/t10-/m1/s1. The van der Waals surface area contributed by atoms with E-state index in [1.807, 2.05) is 20.8 Å². The molecular weight excluding hydrogens is 262 g/mol. The van der Waals surface area contributed by atoms with E-state index in [4.69, 9.17) is 5.11 Å². The van der Waals surface area contributed by atoms with Crippen LogP contribution >= 0.6 is 0 Å². The van der Waals surface area contributed by atoms with Crippen molar-refractivity contribution < 1.29 is 19.5 Å². The summed E-state index contributed by atoms with van der Waals surface area (Å²) in [4.78, 5) is 33.7. The SMILES string of the molecule is CCC[C@@H](NC(=O)NCCC(=O)NCC(C)C)C(=O)O. The number of carboxylic acids is 1. The third-order valence-electron chi connectivity index (χ3n) is 2.53. The normalized spacial score (nSPS) is 11.8. The first-order chi connectivity index (χ1) is 9.36. The Kier molecular flexibility index (Phi) is 9.15. The van der Waals surface area contributed by atoms with E-state index < -0.39 is 18.0 Å². The van der Waals surface area contributed by atoms with Gasteiger partial charge in [-0.15, -0.1) is 0 Å². The molecule has 116 valence electrons. The van der Waals surface area contributed by atoms with Gasteiger partial charge in [-0.3, -0.25) is 4.79 Å². The number of aliphatic carboxylic acids is 1. The van der Waals surface area contributed by atoms with E-state index in [1.165, 1.54) is 0 Å². The fraction of sp³-hybridized carbons (Fsp3) is 0.769. The molecule has 7 nitrogen and oxygen atoms in total. The summed E-state index contributed by atoms with van der Waals surface area (Å²) < 4.78 is 0. The number of carbonyl (C=O) groups is 3. The maximum atomic E-state index is 11.5. The summed E-state index contributed by atoms with van der Waals surface area (Å²) in [6.07, 6.45) is 1.21. The number of rotatable bonds is 9. The second-order valence-corrected chi connectivity index (χ2v) is 5.03. The molecule has 3 amide bonds. The molecule has 0 aromatic rings. The van der Waals surface area contributed by atoms with E-state index in [0.717, 1.165) is 0 Å².